The van der Waals surface area contributed by atoms with Gasteiger partial charge in [0.2, 0.25) is 0 Å². The first-order chi connectivity index (χ1) is 5.97. The van der Waals surface area contributed by atoms with E-state index in [1.165, 1.54) is 12.2 Å². The molecule has 80 valence electrons. The van der Waals surface area contributed by atoms with Crippen molar-refractivity contribution in [3.63, 3.8) is 0 Å². The maximum Gasteiger partial charge on any atom is 0.264 e. The minimum absolute atomic E-state index is 0.0144. The van der Waals surface area contributed by atoms with Crippen LogP contribution in [-0.2, 0) is 10.1 Å². The van der Waals surface area contributed by atoms with Gasteiger partial charge in [0.25, 0.3) is 10.1 Å². The normalized spacial score (nSPS) is 11.1. The Morgan fingerprint density at radius 3 is 1.62 bits per heavy atom. The highest BCUT2D eigenvalue weighted by atomic mass is 32.2. The lowest BCUT2D eigenvalue weighted by Crippen LogP contribution is -2.01. The van der Waals surface area contributed by atoms with Crippen LogP contribution in [0.1, 0.15) is 13.3 Å². The molecule has 0 aliphatic carbocycles. The van der Waals surface area contributed by atoms with Crippen LogP contribution in [0.2, 0.25) is 0 Å². The zero-order valence-electron chi connectivity index (χ0n) is 7.55. The lowest BCUT2D eigenvalue weighted by molar-refractivity contribution is 0.329. The molecule has 0 saturated heterocycles. The van der Waals surface area contributed by atoms with E-state index in [0.29, 0.717) is 6.42 Å². The van der Waals surface area contributed by atoms with Crippen molar-refractivity contribution in [1.29, 1.82) is 0 Å². The molecule has 0 unspecified atom stereocenters. The Kier molecular flexibility index (Phi) is 11.2. The van der Waals surface area contributed by atoms with E-state index >= 15 is 0 Å². The van der Waals surface area contributed by atoms with E-state index in [2.05, 4.69) is 0 Å². The fraction of sp³-hybridized carbons (Fsp3) is 0.714. The molecule has 0 atom stereocenters. The van der Waals surface area contributed by atoms with Crippen molar-refractivity contribution in [3.05, 3.63) is 12.2 Å². The van der Waals surface area contributed by atoms with Gasteiger partial charge < -0.3 is 10.2 Å². The number of hydrogen-bond donors (Lipinski definition) is 3. The molecule has 0 aromatic heterocycles. The summed E-state index contributed by atoms with van der Waals surface area (Å²) in [6.07, 6.45) is 3.44. The smallest absolute Gasteiger partial charge is 0.264 e. The first kappa shape index (κ1) is 15.1. The largest absolute Gasteiger partial charge is 0.392 e. The molecule has 5 nitrogen and oxygen atoms in total. The molecule has 0 aliphatic heterocycles. The summed E-state index contributed by atoms with van der Waals surface area (Å²) in [4.78, 5) is 0. The molecule has 0 radical (unpaired) electrons. The zero-order chi connectivity index (χ0) is 10.7. The highest BCUT2D eigenvalue weighted by Crippen LogP contribution is 1.83. The Hall–Kier alpha value is -0.430. The van der Waals surface area contributed by atoms with Crippen LogP contribution in [0.3, 0.4) is 0 Å². The van der Waals surface area contributed by atoms with Crippen LogP contribution in [0, 0.1) is 0 Å². The fourth-order valence-corrected chi connectivity index (χ4v) is 0.923. The van der Waals surface area contributed by atoms with Crippen LogP contribution >= 0.6 is 0 Å². The van der Waals surface area contributed by atoms with Crippen LogP contribution in [0.4, 0.5) is 0 Å². The van der Waals surface area contributed by atoms with E-state index in [1.807, 2.05) is 0 Å². The Balaban J connectivity index is 0. The van der Waals surface area contributed by atoms with E-state index in [9.17, 15) is 8.42 Å². The van der Waals surface area contributed by atoms with Gasteiger partial charge in [-0.05, 0) is 6.42 Å². The number of aliphatic hydroxyl groups excluding tert-OH is 2. The summed E-state index contributed by atoms with van der Waals surface area (Å²) in [6.45, 7) is 1.72. The van der Waals surface area contributed by atoms with Crippen LogP contribution in [0.25, 0.3) is 0 Å². The third-order valence-corrected chi connectivity index (χ3v) is 1.76. The highest BCUT2D eigenvalue weighted by Gasteiger charge is 1.98. The topological polar surface area (TPSA) is 94.8 Å². The number of aliphatic hydroxyl groups is 2. The van der Waals surface area contributed by atoms with Gasteiger partial charge in [-0.2, -0.15) is 8.42 Å². The van der Waals surface area contributed by atoms with Gasteiger partial charge in [-0.25, -0.2) is 0 Å². The third-order valence-electron chi connectivity index (χ3n) is 0.840. The molecule has 0 bridgehead atoms. The summed E-state index contributed by atoms with van der Waals surface area (Å²) in [7, 11) is -3.67. The Bertz CT molecular complexity index is 201. The van der Waals surface area contributed by atoms with E-state index < -0.39 is 10.1 Å². The highest BCUT2D eigenvalue weighted by molar-refractivity contribution is 7.85. The molecule has 0 fully saturated rings. The van der Waals surface area contributed by atoms with E-state index in [1.54, 1.807) is 6.92 Å². The molecule has 13 heavy (non-hydrogen) atoms. The van der Waals surface area contributed by atoms with Gasteiger partial charge >= 0.3 is 0 Å². The molecule has 0 amide bonds. The minimum Gasteiger partial charge on any atom is -0.392 e. The standard InChI is InChI=1S/C4H8O2.C3H8O3S/c5-3-1-2-4-6;1-2-3-7(4,5)6/h1-2,5-6H,3-4H2;2-3H2,1H3,(H,4,5,6). The first-order valence-corrected chi connectivity index (χ1v) is 5.40. The van der Waals surface area contributed by atoms with Gasteiger partial charge in [-0.1, -0.05) is 19.1 Å². The van der Waals surface area contributed by atoms with Crippen LogP contribution in [-0.4, -0.2) is 42.2 Å². The number of rotatable bonds is 4. The zero-order valence-corrected chi connectivity index (χ0v) is 8.37. The van der Waals surface area contributed by atoms with Gasteiger partial charge in [0.1, 0.15) is 0 Å². The summed E-state index contributed by atoms with van der Waals surface area (Å²) in [5.74, 6) is -0.132. The van der Waals surface area contributed by atoms with Crippen molar-refractivity contribution in [3.8, 4) is 0 Å². The maximum absolute atomic E-state index is 9.79. The van der Waals surface area contributed by atoms with Crippen LogP contribution < -0.4 is 0 Å². The summed E-state index contributed by atoms with van der Waals surface area (Å²) in [5, 5.41) is 16.0. The van der Waals surface area contributed by atoms with Crippen molar-refractivity contribution in [2.45, 2.75) is 13.3 Å². The Morgan fingerprint density at radius 1 is 1.15 bits per heavy atom. The number of hydrogen-bond acceptors (Lipinski definition) is 4. The lowest BCUT2D eigenvalue weighted by Gasteiger charge is -1.85. The average Bonchev–Trinajstić information content (AvgIpc) is 1.99. The van der Waals surface area contributed by atoms with Crippen molar-refractivity contribution in [2.24, 2.45) is 0 Å². The molecule has 0 aromatic carbocycles. The molecule has 0 spiro atoms. The molecule has 3 N–H and O–H groups in total. The van der Waals surface area contributed by atoms with Crippen molar-refractivity contribution < 1.29 is 23.2 Å². The van der Waals surface area contributed by atoms with Gasteiger partial charge in [-0.3, -0.25) is 4.55 Å². The second-order valence-electron chi connectivity index (χ2n) is 2.12. The van der Waals surface area contributed by atoms with Gasteiger partial charge in [-0.15, -0.1) is 0 Å². The average molecular weight is 212 g/mol. The molecular formula is C7H16O5S. The van der Waals surface area contributed by atoms with Crippen molar-refractivity contribution in [1.82, 2.24) is 0 Å². The second-order valence-corrected chi connectivity index (χ2v) is 3.69. The quantitative estimate of drug-likeness (QED) is 0.443. The summed E-state index contributed by atoms with van der Waals surface area (Å²) in [5.41, 5.74) is 0. The minimum atomic E-state index is -3.67. The molecule has 0 heterocycles. The summed E-state index contributed by atoms with van der Waals surface area (Å²) in [6, 6.07) is 0. The summed E-state index contributed by atoms with van der Waals surface area (Å²) < 4.78 is 27.6. The molecule has 0 rings (SSSR count). The summed E-state index contributed by atoms with van der Waals surface area (Å²) >= 11 is 0. The monoisotopic (exact) mass is 212 g/mol. The second kappa shape index (κ2) is 9.66. The van der Waals surface area contributed by atoms with E-state index in [0.717, 1.165) is 0 Å². The predicted octanol–water partition coefficient (Wildman–Crippen LogP) is -0.189. The fourth-order valence-electron chi connectivity index (χ4n) is 0.407. The molecular weight excluding hydrogens is 196 g/mol. The maximum atomic E-state index is 9.79. The van der Waals surface area contributed by atoms with Gasteiger partial charge in [0.15, 0.2) is 0 Å². The predicted molar refractivity (Wildman–Crippen MR) is 50.0 cm³/mol. The van der Waals surface area contributed by atoms with Gasteiger partial charge in [0.05, 0.1) is 19.0 Å². The molecule has 0 aromatic rings. The lowest BCUT2D eigenvalue weighted by atomic mass is 10.5. The molecule has 0 saturated carbocycles. The molecule has 6 heteroatoms. The Morgan fingerprint density at radius 2 is 1.54 bits per heavy atom. The van der Waals surface area contributed by atoms with Gasteiger partial charge in [0, 0.05) is 0 Å². The van der Waals surface area contributed by atoms with E-state index in [4.69, 9.17) is 14.8 Å². The molecule has 0 aliphatic rings. The van der Waals surface area contributed by atoms with Crippen LogP contribution in [0.15, 0.2) is 12.2 Å². The van der Waals surface area contributed by atoms with Crippen molar-refractivity contribution >= 4 is 10.1 Å². The van der Waals surface area contributed by atoms with E-state index in [-0.39, 0.29) is 19.0 Å². The first-order valence-electron chi connectivity index (χ1n) is 3.79. The van der Waals surface area contributed by atoms with Crippen LogP contribution in [0.5, 0.6) is 0 Å². The van der Waals surface area contributed by atoms with Crippen molar-refractivity contribution in [2.75, 3.05) is 19.0 Å². The third kappa shape index (κ3) is 24.5. The Labute approximate surface area is 78.5 Å². The SMILES string of the molecule is CCCS(=O)(=O)O.OCC=CCO.